The maximum atomic E-state index is 12.8. The minimum absolute atomic E-state index is 0.00731. The first-order valence-corrected chi connectivity index (χ1v) is 8.10. The molecule has 2 heterocycles. The van der Waals surface area contributed by atoms with Crippen LogP contribution < -0.4 is 4.74 Å². The van der Waals surface area contributed by atoms with E-state index in [2.05, 4.69) is 0 Å². The Balaban J connectivity index is 1.47. The fourth-order valence-electron chi connectivity index (χ4n) is 2.65. The fraction of sp³-hybridized carbons (Fsp3) is 0.533. The SMILES string of the molecule is O=C(COc1ccc(F)cc1)N1CCC2(CC1)OCCS2. The Bertz CT molecular complexity index is 492. The van der Waals surface area contributed by atoms with Gasteiger partial charge in [0.05, 0.1) is 6.61 Å². The molecule has 0 atom stereocenters. The summed E-state index contributed by atoms with van der Waals surface area (Å²) >= 11 is 1.86. The lowest BCUT2D eigenvalue weighted by Gasteiger charge is -2.37. The third kappa shape index (κ3) is 3.49. The summed E-state index contributed by atoms with van der Waals surface area (Å²) in [5, 5.41) is 0. The Morgan fingerprint density at radius 3 is 2.67 bits per heavy atom. The third-order valence-electron chi connectivity index (χ3n) is 3.87. The molecule has 0 saturated carbocycles. The number of carbonyl (C=O) groups excluding carboxylic acids is 1. The van der Waals surface area contributed by atoms with Gasteiger partial charge in [0.2, 0.25) is 0 Å². The molecule has 3 rings (SSSR count). The summed E-state index contributed by atoms with van der Waals surface area (Å²) in [6.45, 7) is 2.22. The van der Waals surface area contributed by atoms with Crippen LogP contribution in [0.5, 0.6) is 5.75 Å². The Hall–Kier alpha value is -1.27. The second-order valence-corrected chi connectivity index (χ2v) is 6.67. The van der Waals surface area contributed by atoms with Gasteiger partial charge in [-0.15, -0.1) is 11.8 Å². The van der Waals surface area contributed by atoms with Gasteiger partial charge in [0.1, 0.15) is 16.5 Å². The Morgan fingerprint density at radius 1 is 1.33 bits per heavy atom. The number of thioether (sulfide) groups is 1. The number of likely N-dealkylation sites (tertiary alicyclic amines) is 1. The number of ether oxygens (including phenoxy) is 2. The van der Waals surface area contributed by atoms with E-state index in [4.69, 9.17) is 9.47 Å². The highest BCUT2D eigenvalue weighted by Gasteiger charge is 2.40. The number of hydrogen-bond donors (Lipinski definition) is 0. The highest BCUT2D eigenvalue weighted by Crippen LogP contribution is 2.41. The van der Waals surface area contributed by atoms with Gasteiger partial charge >= 0.3 is 0 Å². The summed E-state index contributed by atoms with van der Waals surface area (Å²) in [6.07, 6.45) is 1.75. The van der Waals surface area contributed by atoms with E-state index in [-0.39, 0.29) is 23.3 Å². The van der Waals surface area contributed by atoms with E-state index in [1.54, 1.807) is 0 Å². The van der Waals surface area contributed by atoms with Crippen LogP contribution in [0.15, 0.2) is 24.3 Å². The molecule has 114 valence electrons. The molecule has 1 aromatic carbocycles. The summed E-state index contributed by atoms with van der Waals surface area (Å²) in [6, 6.07) is 5.69. The van der Waals surface area contributed by atoms with Gasteiger partial charge in [0, 0.05) is 31.7 Å². The van der Waals surface area contributed by atoms with Crippen LogP contribution in [-0.2, 0) is 9.53 Å². The van der Waals surface area contributed by atoms with Crippen LogP contribution >= 0.6 is 11.8 Å². The number of benzene rings is 1. The summed E-state index contributed by atoms with van der Waals surface area (Å²) < 4.78 is 24.0. The lowest BCUT2D eigenvalue weighted by molar-refractivity contribution is -0.136. The van der Waals surface area contributed by atoms with Crippen LogP contribution in [0.2, 0.25) is 0 Å². The Morgan fingerprint density at radius 2 is 2.05 bits per heavy atom. The van der Waals surface area contributed by atoms with Crippen LogP contribution in [0.3, 0.4) is 0 Å². The van der Waals surface area contributed by atoms with Gasteiger partial charge in [-0.3, -0.25) is 4.79 Å². The monoisotopic (exact) mass is 311 g/mol. The molecule has 1 spiro atoms. The molecule has 1 aromatic rings. The topological polar surface area (TPSA) is 38.8 Å². The van der Waals surface area contributed by atoms with Crippen LogP contribution in [0.1, 0.15) is 12.8 Å². The van der Waals surface area contributed by atoms with E-state index in [1.165, 1.54) is 24.3 Å². The van der Waals surface area contributed by atoms with Crippen molar-refractivity contribution < 1.29 is 18.7 Å². The molecule has 0 aliphatic carbocycles. The highest BCUT2D eigenvalue weighted by atomic mass is 32.2. The zero-order valence-electron chi connectivity index (χ0n) is 11.7. The quantitative estimate of drug-likeness (QED) is 0.858. The molecule has 2 aliphatic heterocycles. The second-order valence-electron chi connectivity index (χ2n) is 5.23. The Labute approximate surface area is 127 Å². The van der Waals surface area contributed by atoms with Crippen molar-refractivity contribution in [3.8, 4) is 5.75 Å². The smallest absolute Gasteiger partial charge is 0.260 e. The number of carbonyl (C=O) groups is 1. The molecule has 21 heavy (non-hydrogen) atoms. The van der Waals surface area contributed by atoms with Crippen molar-refractivity contribution in [3.05, 3.63) is 30.1 Å². The van der Waals surface area contributed by atoms with Crippen molar-refractivity contribution in [1.29, 1.82) is 0 Å². The maximum absolute atomic E-state index is 12.8. The molecule has 6 heteroatoms. The lowest BCUT2D eigenvalue weighted by atomic mass is 10.1. The third-order valence-corrected chi connectivity index (χ3v) is 5.29. The zero-order chi connectivity index (χ0) is 14.7. The van der Waals surface area contributed by atoms with Crippen molar-refractivity contribution >= 4 is 17.7 Å². The molecule has 0 unspecified atom stereocenters. The molecular formula is C15H18FNO3S. The second kappa shape index (κ2) is 6.23. The van der Waals surface area contributed by atoms with E-state index in [1.807, 2.05) is 16.7 Å². The average molecular weight is 311 g/mol. The molecule has 2 saturated heterocycles. The average Bonchev–Trinajstić information content (AvgIpc) is 2.95. The molecular weight excluding hydrogens is 293 g/mol. The summed E-state index contributed by atoms with van der Waals surface area (Å²) in [7, 11) is 0. The van der Waals surface area contributed by atoms with E-state index in [0.29, 0.717) is 18.8 Å². The van der Waals surface area contributed by atoms with Gasteiger partial charge in [0.25, 0.3) is 5.91 Å². The lowest BCUT2D eigenvalue weighted by Crippen LogP contribution is -2.46. The highest BCUT2D eigenvalue weighted by molar-refractivity contribution is 8.00. The fourth-order valence-corrected chi connectivity index (χ4v) is 3.83. The number of nitrogens with zero attached hydrogens (tertiary/aromatic N) is 1. The summed E-state index contributed by atoms with van der Waals surface area (Å²) in [5.41, 5.74) is 0. The summed E-state index contributed by atoms with van der Waals surface area (Å²) in [5.74, 6) is 1.20. The van der Waals surface area contributed by atoms with Crippen LogP contribution in [0.25, 0.3) is 0 Å². The predicted octanol–water partition coefficient (Wildman–Crippen LogP) is 2.29. The summed E-state index contributed by atoms with van der Waals surface area (Å²) in [4.78, 5) is 13.9. The number of amides is 1. The normalized spacial score (nSPS) is 20.7. The molecule has 0 radical (unpaired) electrons. The number of rotatable bonds is 3. The van der Waals surface area contributed by atoms with Crippen molar-refractivity contribution in [2.24, 2.45) is 0 Å². The van der Waals surface area contributed by atoms with Gasteiger partial charge in [0.15, 0.2) is 6.61 Å². The van der Waals surface area contributed by atoms with Gasteiger partial charge in [-0.05, 0) is 24.3 Å². The molecule has 2 fully saturated rings. The van der Waals surface area contributed by atoms with Crippen LogP contribution in [-0.4, -0.2) is 47.8 Å². The molecule has 0 aromatic heterocycles. The van der Waals surface area contributed by atoms with E-state index in [0.717, 1.165) is 25.2 Å². The first-order chi connectivity index (χ1) is 10.2. The van der Waals surface area contributed by atoms with Crippen molar-refractivity contribution in [2.75, 3.05) is 32.1 Å². The van der Waals surface area contributed by atoms with Gasteiger partial charge in [-0.1, -0.05) is 0 Å². The number of hydrogen-bond acceptors (Lipinski definition) is 4. The first kappa shape index (κ1) is 14.7. The zero-order valence-corrected chi connectivity index (χ0v) is 12.5. The van der Waals surface area contributed by atoms with Crippen molar-refractivity contribution in [3.63, 3.8) is 0 Å². The molecule has 4 nitrogen and oxygen atoms in total. The molecule has 2 aliphatic rings. The van der Waals surface area contributed by atoms with Gasteiger partial charge in [-0.2, -0.15) is 0 Å². The van der Waals surface area contributed by atoms with E-state index in [9.17, 15) is 9.18 Å². The minimum Gasteiger partial charge on any atom is -0.484 e. The van der Waals surface area contributed by atoms with Crippen LogP contribution in [0, 0.1) is 5.82 Å². The molecule has 0 bridgehead atoms. The van der Waals surface area contributed by atoms with Crippen molar-refractivity contribution in [2.45, 2.75) is 17.8 Å². The first-order valence-electron chi connectivity index (χ1n) is 7.11. The minimum atomic E-state index is -0.316. The Kier molecular flexibility index (Phi) is 4.35. The number of halogens is 1. The van der Waals surface area contributed by atoms with Gasteiger partial charge in [-0.25, -0.2) is 4.39 Å². The van der Waals surface area contributed by atoms with E-state index >= 15 is 0 Å². The van der Waals surface area contributed by atoms with Gasteiger partial charge < -0.3 is 14.4 Å². The molecule has 0 N–H and O–H groups in total. The van der Waals surface area contributed by atoms with E-state index < -0.39 is 0 Å². The van der Waals surface area contributed by atoms with Crippen molar-refractivity contribution in [1.82, 2.24) is 4.90 Å². The maximum Gasteiger partial charge on any atom is 0.260 e. The largest absolute Gasteiger partial charge is 0.484 e. The van der Waals surface area contributed by atoms with Crippen LogP contribution in [0.4, 0.5) is 4.39 Å². The molecule has 1 amide bonds. The predicted molar refractivity (Wildman–Crippen MR) is 78.9 cm³/mol. The number of piperidine rings is 1. The standard InChI is InChI=1S/C15H18FNO3S/c16-12-1-3-13(4-2-12)19-11-14(18)17-7-5-15(6-8-17)20-9-10-21-15/h1-4H,5-11H2.